The molecule has 114 valence electrons. The van der Waals surface area contributed by atoms with Gasteiger partial charge in [-0.25, -0.2) is 0 Å². The molecule has 3 rings (SSSR count). The van der Waals surface area contributed by atoms with E-state index >= 15 is 0 Å². The van der Waals surface area contributed by atoms with Crippen molar-refractivity contribution >= 4 is 23.2 Å². The van der Waals surface area contributed by atoms with Gasteiger partial charge in [0.1, 0.15) is 0 Å². The summed E-state index contributed by atoms with van der Waals surface area (Å²) in [4.78, 5) is 17.0. The third-order valence-electron chi connectivity index (χ3n) is 4.31. The molecule has 1 aromatic rings. The molecule has 1 aromatic carbocycles. The predicted molar refractivity (Wildman–Crippen MR) is 85.5 cm³/mol. The molecule has 5 heteroatoms. The minimum Gasteiger partial charge on any atom is -0.399 e. The maximum absolute atomic E-state index is 12.6. The fourth-order valence-corrected chi connectivity index (χ4v) is 3.10. The number of nitrogens with two attached hydrogens (primary N) is 1. The molecule has 0 aromatic heterocycles. The van der Waals surface area contributed by atoms with E-state index in [9.17, 15) is 4.79 Å². The third-order valence-corrected chi connectivity index (χ3v) is 4.64. The number of rotatable bonds is 3. The molecule has 2 N–H and O–H groups in total. The molecule has 2 aliphatic rings. The van der Waals surface area contributed by atoms with Crippen molar-refractivity contribution < 1.29 is 4.79 Å². The summed E-state index contributed by atoms with van der Waals surface area (Å²) < 4.78 is 0. The highest BCUT2D eigenvalue weighted by atomic mass is 35.5. The van der Waals surface area contributed by atoms with Gasteiger partial charge in [0.25, 0.3) is 5.91 Å². The van der Waals surface area contributed by atoms with Crippen molar-refractivity contribution in [3.8, 4) is 0 Å². The summed E-state index contributed by atoms with van der Waals surface area (Å²) in [5.74, 6) is 0.899. The molecule has 0 spiro atoms. The van der Waals surface area contributed by atoms with Crippen LogP contribution >= 0.6 is 11.6 Å². The van der Waals surface area contributed by atoms with E-state index in [1.165, 1.54) is 19.4 Å². The van der Waals surface area contributed by atoms with Crippen LogP contribution in [0.25, 0.3) is 0 Å². The van der Waals surface area contributed by atoms with Crippen LogP contribution in [0.4, 0.5) is 5.69 Å². The Kier molecular flexibility index (Phi) is 4.36. The van der Waals surface area contributed by atoms with E-state index in [4.69, 9.17) is 17.3 Å². The summed E-state index contributed by atoms with van der Waals surface area (Å²) >= 11 is 6.14. The van der Waals surface area contributed by atoms with Crippen LogP contribution in [0.3, 0.4) is 0 Å². The van der Waals surface area contributed by atoms with E-state index < -0.39 is 0 Å². The lowest BCUT2D eigenvalue weighted by Gasteiger charge is -2.22. The second-order valence-corrected chi connectivity index (χ2v) is 6.54. The third kappa shape index (κ3) is 3.69. The number of carbonyl (C=O) groups excluding carboxylic acids is 1. The summed E-state index contributed by atoms with van der Waals surface area (Å²) in [7, 11) is 0. The van der Waals surface area contributed by atoms with Crippen molar-refractivity contribution in [2.24, 2.45) is 5.92 Å². The zero-order chi connectivity index (χ0) is 14.8. The van der Waals surface area contributed by atoms with Crippen LogP contribution in [0, 0.1) is 5.92 Å². The quantitative estimate of drug-likeness (QED) is 0.873. The van der Waals surface area contributed by atoms with E-state index in [0.29, 0.717) is 16.3 Å². The van der Waals surface area contributed by atoms with Gasteiger partial charge in [0, 0.05) is 31.9 Å². The molecule has 0 unspecified atom stereocenters. The zero-order valence-electron chi connectivity index (χ0n) is 12.2. The van der Waals surface area contributed by atoms with Crippen molar-refractivity contribution in [2.75, 3.05) is 38.5 Å². The van der Waals surface area contributed by atoms with Crippen LogP contribution in [0.15, 0.2) is 18.2 Å². The molecule has 0 bridgehead atoms. The molecular weight excluding hydrogens is 286 g/mol. The molecule has 0 atom stereocenters. The molecule has 1 amide bonds. The monoisotopic (exact) mass is 307 g/mol. The highest BCUT2D eigenvalue weighted by Crippen LogP contribution is 2.30. The first-order valence-corrected chi connectivity index (χ1v) is 8.08. The highest BCUT2D eigenvalue weighted by molar-refractivity contribution is 6.34. The normalized spacial score (nSPS) is 20.3. The van der Waals surface area contributed by atoms with Crippen LogP contribution in [0.2, 0.25) is 5.02 Å². The van der Waals surface area contributed by atoms with Crippen LogP contribution in [0.1, 0.15) is 29.6 Å². The van der Waals surface area contributed by atoms with Gasteiger partial charge in [-0.05, 0) is 49.9 Å². The number of hydrogen-bond donors (Lipinski definition) is 1. The maximum atomic E-state index is 12.6. The number of amides is 1. The van der Waals surface area contributed by atoms with Crippen molar-refractivity contribution in [3.63, 3.8) is 0 Å². The first-order valence-electron chi connectivity index (χ1n) is 7.70. The van der Waals surface area contributed by atoms with Gasteiger partial charge in [-0.2, -0.15) is 0 Å². The lowest BCUT2D eigenvalue weighted by atomic mass is 10.1. The summed E-state index contributed by atoms with van der Waals surface area (Å²) in [6.45, 7) is 4.82. The van der Waals surface area contributed by atoms with Crippen molar-refractivity contribution in [1.82, 2.24) is 9.80 Å². The Balaban J connectivity index is 1.65. The number of anilines is 1. The Labute approximate surface area is 130 Å². The van der Waals surface area contributed by atoms with E-state index in [0.717, 1.165) is 38.5 Å². The molecule has 0 radical (unpaired) electrons. The molecule has 2 fully saturated rings. The van der Waals surface area contributed by atoms with Gasteiger partial charge in [-0.15, -0.1) is 0 Å². The number of hydrogen-bond acceptors (Lipinski definition) is 3. The number of nitrogen functional groups attached to an aromatic ring is 1. The zero-order valence-corrected chi connectivity index (χ0v) is 13.0. The van der Waals surface area contributed by atoms with Crippen LogP contribution in [-0.4, -0.2) is 48.4 Å². The van der Waals surface area contributed by atoms with E-state index in [-0.39, 0.29) is 5.91 Å². The average molecular weight is 308 g/mol. The van der Waals surface area contributed by atoms with E-state index in [2.05, 4.69) is 4.90 Å². The van der Waals surface area contributed by atoms with Crippen molar-refractivity contribution in [1.29, 1.82) is 0 Å². The SMILES string of the molecule is Nc1ccc(Cl)c(C(=O)N2CCCN(CC3CC3)CC2)c1. The topological polar surface area (TPSA) is 49.6 Å². The van der Waals surface area contributed by atoms with E-state index in [1.54, 1.807) is 18.2 Å². The second-order valence-electron chi connectivity index (χ2n) is 6.13. The minimum atomic E-state index is 0.000530. The van der Waals surface area contributed by atoms with Gasteiger partial charge in [-0.1, -0.05) is 11.6 Å². The van der Waals surface area contributed by atoms with Gasteiger partial charge in [0.2, 0.25) is 0 Å². The van der Waals surface area contributed by atoms with E-state index in [1.807, 2.05) is 4.90 Å². The summed E-state index contributed by atoms with van der Waals surface area (Å²) in [6.07, 6.45) is 3.77. The van der Waals surface area contributed by atoms with Gasteiger partial charge in [0.05, 0.1) is 10.6 Å². The summed E-state index contributed by atoms with van der Waals surface area (Å²) in [6, 6.07) is 5.10. The Morgan fingerprint density at radius 1 is 1.24 bits per heavy atom. The Morgan fingerprint density at radius 3 is 2.81 bits per heavy atom. The standard InChI is InChI=1S/C16H22ClN3O/c17-15-5-4-13(18)10-14(15)16(21)20-7-1-6-19(8-9-20)11-12-2-3-12/h4-5,10,12H,1-3,6-9,11,18H2. The van der Waals surface area contributed by atoms with Crippen LogP contribution < -0.4 is 5.73 Å². The van der Waals surface area contributed by atoms with Gasteiger partial charge in [0.15, 0.2) is 0 Å². The van der Waals surface area contributed by atoms with Gasteiger partial charge >= 0.3 is 0 Å². The lowest BCUT2D eigenvalue weighted by Crippen LogP contribution is -2.35. The number of nitrogens with zero attached hydrogens (tertiary/aromatic N) is 2. The molecule has 4 nitrogen and oxygen atoms in total. The lowest BCUT2D eigenvalue weighted by molar-refractivity contribution is 0.0761. The van der Waals surface area contributed by atoms with Crippen LogP contribution in [-0.2, 0) is 0 Å². The molecule has 1 saturated carbocycles. The fraction of sp³-hybridized carbons (Fsp3) is 0.562. The molecule has 1 aliphatic carbocycles. The summed E-state index contributed by atoms with van der Waals surface area (Å²) in [5, 5.41) is 0.480. The fourth-order valence-electron chi connectivity index (χ4n) is 2.90. The highest BCUT2D eigenvalue weighted by Gasteiger charge is 2.27. The maximum Gasteiger partial charge on any atom is 0.255 e. The first-order chi connectivity index (χ1) is 10.1. The largest absolute Gasteiger partial charge is 0.399 e. The van der Waals surface area contributed by atoms with Crippen molar-refractivity contribution in [3.05, 3.63) is 28.8 Å². The predicted octanol–water partition coefficient (Wildman–Crippen LogP) is 2.48. The first kappa shape index (κ1) is 14.7. The molecule has 1 saturated heterocycles. The second kappa shape index (κ2) is 6.24. The smallest absolute Gasteiger partial charge is 0.255 e. The molecular formula is C16H22ClN3O. The number of benzene rings is 1. The van der Waals surface area contributed by atoms with Gasteiger partial charge in [-0.3, -0.25) is 4.79 Å². The average Bonchev–Trinajstić information content (AvgIpc) is 3.29. The Morgan fingerprint density at radius 2 is 2.05 bits per heavy atom. The molecule has 21 heavy (non-hydrogen) atoms. The number of halogens is 1. The van der Waals surface area contributed by atoms with Gasteiger partial charge < -0.3 is 15.5 Å². The minimum absolute atomic E-state index is 0.000530. The molecule has 1 aliphatic heterocycles. The Bertz CT molecular complexity index is 530. The molecule has 1 heterocycles. The number of carbonyl (C=O) groups is 1. The van der Waals surface area contributed by atoms with Crippen molar-refractivity contribution in [2.45, 2.75) is 19.3 Å². The van der Waals surface area contributed by atoms with Crippen LogP contribution in [0.5, 0.6) is 0 Å². The summed E-state index contributed by atoms with van der Waals surface area (Å²) in [5.41, 5.74) is 6.87. The Hall–Kier alpha value is -1.26.